The van der Waals surface area contributed by atoms with Gasteiger partial charge in [0, 0.05) is 12.5 Å². The Labute approximate surface area is 112 Å². The SMILES string of the molecule is CCCCC1CCC(C(=O)NCCCNC)CC1. The Morgan fingerprint density at radius 3 is 2.44 bits per heavy atom. The van der Waals surface area contributed by atoms with Crippen LogP contribution in [0.4, 0.5) is 0 Å². The molecule has 2 N–H and O–H groups in total. The van der Waals surface area contributed by atoms with Gasteiger partial charge < -0.3 is 10.6 Å². The lowest BCUT2D eigenvalue weighted by molar-refractivity contribution is -0.126. The van der Waals surface area contributed by atoms with Gasteiger partial charge in [0.1, 0.15) is 0 Å². The van der Waals surface area contributed by atoms with Crippen LogP contribution >= 0.6 is 0 Å². The summed E-state index contributed by atoms with van der Waals surface area (Å²) in [7, 11) is 1.94. The van der Waals surface area contributed by atoms with E-state index in [2.05, 4.69) is 17.6 Å². The van der Waals surface area contributed by atoms with Crippen molar-refractivity contribution < 1.29 is 4.79 Å². The molecule has 18 heavy (non-hydrogen) atoms. The van der Waals surface area contributed by atoms with E-state index in [4.69, 9.17) is 0 Å². The van der Waals surface area contributed by atoms with Gasteiger partial charge in [-0.15, -0.1) is 0 Å². The van der Waals surface area contributed by atoms with Crippen LogP contribution in [0, 0.1) is 11.8 Å². The van der Waals surface area contributed by atoms with E-state index in [1.165, 1.54) is 32.1 Å². The zero-order chi connectivity index (χ0) is 13.2. The van der Waals surface area contributed by atoms with Crippen LogP contribution in [0.25, 0.3) is 0 Å². The van der Waals surface area contributed by atoms with Gasteiger partial charge in [-0.25, -0.2) is 0 Å². The standard InChI is InChI=1S/C15H30N2O/c1-3-4-6-13-7-9-14(10-8-13)15(18)17-12-5-11-16-2/h13-14,16H,3-12H2,1-2H3,(H,17,18). The number of amides is 1. The predicted octanol–water partition coefficient (Wildman–Crippen LogP) is 2.71. The van der Waals surface area contributed by atoms with E-state index in [-0.39, 0.29) is 5.92 Å². The van der Waals surface area contributed by atoms with Crippen LogP contribution in [0.5, 0.6) is 0 Å². The van der Waals surface area contributed by atoms with Crippen molar-refractivity contribution in [3.05, 3.63) is 0 Å². The van der Waals surface area contributed by atoms with E-state index in [0.29, 0.717) is 5.91 Å². The third kappa shape index (κ3) is 5.85. The van der Waals surface area contributed by atoms with Crippen molar-refractivity contribution in [1.29, 1.82) is 0 Å². The number of nitrogens with one attached hydrogen (secondary N) is 2. The van der Waals surface area contributed by atoms with Crippen LogP contribution in [0.1, 0.15) is 58.3 Å². The van der Waals surface area contributed by atoms with E-state index in [9.17, 15) is 4.79 Å². The quantitative estimate of drug-likeness (QED) is 0.654. The van der Waals surface area contributed by atoms with E-state index in [1.54, 1.807) is 0 Å². The van der Waals surface area contributed by atoms with Crippen LogP contribution in [0.15, 0.2) is 0 Å². The smallest absolute Gasteiger partial charge is 0.223 e. The Kier molecular flexibility index (Phi) is 8.06. The van der Waals surface area contributed by atoms with Gasteiger partial charge in [0.25, 0.3) is 0 Å². The molecule has 0 saturated heterocycles. The summed E-state index contributed by atoms with van der Waals surface area (Å²) in [6.45, 7) is 4.05. The summed E-state index contributed by atoms with van der Waals surface area (Å²) in [6.07, 6.45) is 9.76. The molecule has 1 fully saturated rings. The maximum absolute atomic E-state index is 12.0. The Bertz CT molecular complexity index is 223. The molecule has 0 aromatic rings. The van der Waals surface area contributed by atoms with Gasteiger partial charge in [-0.2, -0.15) is 0 Å². The number of hydrogen-bond acceptors (Lipinski definition) is 2. The molecule has 0 bridgehead atoms. The van der Waals surface area contributed by atoms with Gasteiger partial charge in [-0.1, -0.05) is 26.2 Å². The molecule has 106 valence electrons. The van der Waals surface area contributed by atoms with Crippen molar-refractivity contribution in [2.75, 3.05) is 20.1 Å². The molecule has 0 heterocycles. The first-order valence-electron chi connectivity index (χ1n) is 7.70. The molecule has 3 nitrogen and oxygen atoms in total. The molecule has 3 heteroatoms. The third-order valence-electron chi connectivity index (χ3n) is 4.09. The molecule has 1 rings (SSSR count). The largest absolute Gasteiger partial charge is 0.356 e. The molecular weight excluding hydrogens is 224 g/mol. The van der Waals surface area contributed by atoms with Crippen molar-refractivity contribution in [2.45, 2.75) is 58.3 Å². The molecule has 1 aliphatic carbocycles. The minimum absolute atomic E-state index is 0.289. The number of carbonyl (C=O) groups excluding carboxylic acids is 1. The van der Waals surface area contributed by atoms with E-state index in [0.717, 1.165) is 38.3 Å². The van der Waals surface area contributed by atoms with Gasteiger partial charge in [0.05, 0.1) is 0 Å². The minimum atomic E-state index is 0.289. The lowest BCUT2D eigenvalue weighted by atomic mass is 9.79. The fourth-order valence-corrected chi connectivity index (χ4v) is 2.83. The van der Waals surface area contributed by atoms with E-state index >= 15 is 0 Å². The summed E-state index contributed by atoms with van der Waals surface area (Å²) in [6, 6.07) is 0. The number of rotatable bonds is 8. The topological polar surface area (TPSA) is 41.1 Å². The van der Waals surface area contributed by atoms with Crippen LogP contribution < -0.4 is 10.6 Å². The normalized spacial score (nSPS) is 23.9. The molecule has 0 unspecified atom stereocenters. The molecule has 1 aliphatic rings. The first-order chi connectivity index (χ1) is 8.77. The highest BCUT2D eigenvalue weighted by Crippen LogP contribution is 2.31. The van der Waals surface area contributed by atoms with Gasteiger partial charge in [0.15, 0.2) is 0 Å². The summed E-state index contributed by atoms with van der Waals surface area (Å²) in [5.41, 5.74) is 0. The summed E-state index contributed by atoms with van der Waals surface area (Å²) >= 11 is 0. The molecule has 1 amide bonds. The monoisotopic (exact) mass is 254 g/mol. The highest BCUT2D eigenvalue weighted by Gasteiger charge is 2.25. The molecule has 0 aromatic heterocycles. The molecule has 0 aliphatic heterocycles. The summed E-state index contributed by atoms with van der Waals surface area (Å²) < 4.78 is 0. The number of hydrogen-bond donors (Lipinski definition) is 2. The molecule has 0 aromatic carbocycles. The fourth-order valence-electron chi connectivity index (χ4n) is 2.83. The predicted molar refractivity (Wildman–Crippen MR) is 76.5 cm³/mol. The molecule has 0 spiro atoms. The summed E-state index contributed by atoms with van der Waals surface area (Å²) in [5.74, 6) is 1.47. The van der Waals surface area contributed by atoms with Crippen molar-refractivity contribution >= 4 is 5.91 Å². The van der Waals surface area contributed by atoms with Gasteiger partial charge in [-0.3, -0.25) is 4.79 Å². The maximum atomic E-state index is 12.0. The van der Waals surface area contributed by atoms with Gasteiger partial charge in [0.2, 0.25) is 5.91 Å². The van der Waals surface area contributed by atoms with Crippen LogP contribution in [-0.2, 0) is 4.79 Å². The Morgan fingerprint density at radius 1 is 1.11 bits per heavy atom. The lowest BCUT2D eigenvalue weighted by Crippen LogP contribution is -2.34. The van der Waals surface area contributed by atoms with Crippen molar-refractivity contribution in [1.82, 2.24) is 10.6 Å². The minimum Gasteiger partial charge on any atom is -0.356 e. The zero-order valence-corrected chi connectivity index (χ0v) is 12.1. The van der Waals surface area contributed by atoms with Crippen LogP contribution in [-0.4, -0.2) is 26.0 Å². The number of unbranched alkanes of at least 4 members (excludes halogenated alkanes) is 1. The second-order valence-corrected chi connectivity index (χ2v) is 5.61. The fraction of sp³-hybridized carbons (Fsp3) is 0.933. The first-order valence-corrected chi connectivity index (χ1v) is 7.70. The third-order valence-corrected chi connectivity index (χ3v) is 4.09. The molecular formula is C15H30N2O. The van der Waals surface area contributed by atoms with Crippen molar-refractivity contribution in [3.8, 4) is 0 Å². The van der Waals surface area contributed by atoms with Crippen LogP contribution in [0.2, 0.25) is 0 Å². The molecule has 0 radical (unpaired) electrons. The average molecular weight is 254 g/mol. The molecule has 0 atom stereocenters. The van der Waals surface area contributed by atoms with Crippen LogP contribution in [0.3, 0.4) is 0 Å². The zero-order valence-electron chi connectivity index (χ0n) is 12.1. The highest BCUT2D eigenvalue weighted by molar-refractivity contribution is 5.78. The van der Waals surface area contributed by atoms with E-state index in [1.807, 2.05) is 7.05 Å². The number of carbonyl (C=O) groups is 1. The average Bonchev–Trinajstić information content (AvgIpc) is 2.41. The second-order valence-electron chi connectivity index (χ2n) is 5.61. The van der Waals surface area contributed by atoms with Crippen molar-refractivity contribution in [3.63, 3.8) is 0 Å². The summed E-state index contributed by atoms with van der Waals surface area (Å²) in [4.78, 5) is 12.0. The molecule has 1 saturated carbocycles. The Balaban J connectivity index is 2.11. The van der Waals surface area contributed by atoms with Crippen molar-refractivity contribution in [2.24, 2.45) is 11.8 Å². The van der Waals surface area contributed by atoms with E-state index < -0.39 is 0 Å². The van der Waals surface area contributed by atoms with Gasteiger partial charge >= 0.3 is 0 Å². The lowest BCUT2D eigenvalue weighted by Gasteiger charge is -2.27. The highest BCUT2D eigenvalue weighted by atomic mass is 16.1. The first kappa shape index (κ1) is 15.5. The summed E-state index contributed by atoms with van der Waals surface area (Å²) in [5, 5.41) is 6.16. The second kappa shape index (κ2) is 9.37. The Hall–Kier alpha value is -0.570. The van der Waals surface area contributed by atoms with Gasteiger partial charge in [-0.05, 0) is 51.6 Å². The maximum Gasteiger partial charge on any atom is 0.223 e. The Morgan fingerprint density at radius 2 is 1.83 bits per heavy atom.